The summed E-state index contributed by atoms with van der Waals surface area (Å²) < 4.78 is 0. The van der Waals surface area contributed by atoms with Gasteiger partial charge in [-0.1, -0.05) is 24.3 Å². The number of carbonyl (C=O) groups excluding carboxylic acids is 2. The highest BCUT2D eigenvalue weighted by atomic mass is 16.7. The second-order valence-electron chi connectivity index (χ2n) is 5.66. The Balaban J connectivity index is 2.41. The summed E-state index contributed by atoms with van der Waals surface area (Å²) in [6, 6.07) is 6.25. The summed E-state index contributed by atoms with van der Waals surface area (Å²) in [6.45, 7) is 1.08. The molecule has 1 rings (SSSR count). The van der Waals surface area contributed by atoms with Gasteiger partial charge in [0.1, 0.15) is 5.10 Å². The maximum atomic E-state index is 11.5. The first-order chi connectivity index (χ1) is 12.8. The summed E-state index contributed by atoms with van der Waals surface area (Å²) in [5.74, 6) is -0.793. The number of nitrogens with zero attached hydrogens (tertiary/aromatic N) is 2. The van der Waals surface area contributed by atoms with E-state index in [4.69, 9.17) is 17.2 Å². The number of nitrogens with one attached hydrogen (secondary N) is 3. The van der Waals surface area contributed by atoms with Gasteiger partial charge in [0.05, 0.1) is 6.04 Å². The predicted octanol–water partition coefficient (Wildman–Crippen LogP) is -1.33. The minimum Gasteiger partial charge on any atom is -0.368 e. The zero-order valence-electron chi connectivity index (χ0n) is 14.7. The van der Waals surface area contributed by atoms with Crippen LogP contribution in [-0.4, -0.2) is 35.5 Å². The van der Waals surface area contributed by atoms with Crippen LogP contribution in [0.3, 0.4) is 0 Å². The maximum absolute atomic E-state index is 11.5. The molecule has 0 spiro atoms. The van der Waals surface area contributed by atoms with Crippen LogP contribution in [0.2, 0.25) is 0 Å². The molecule has 0 aromatic heterocycles. The molecule has 0 saturated carbocycles. The minimum absolute atomic E-state index is 0.297. The summed E-state index contributed by atoms with van der Waals surface area (Å²) in [7, 11) is 0. The first-order valence-corrected chi connectivity index (χ1v) is 8.14. The molecule has 12 heteroatoms. The first kappa shape index (κ1) is 21.6. The van der Waals surface area contributed by atoms with Crippen molar-refractivity contribution >= 4 is 17.9 Å². The van der Waals surface area contributed by atoms with Crippen LogP contribution in [-0.2, 0) is 17.9 Å². The molecule has 27 heavy (non-hydrogen) atoms. The number of hydrogen-bond acceptors (Lipinski definition) is 5. The van der Waals surface area contributed by atoms with Crippen molar-refractivity contribution in [3.05, 3.63) is 45.5 Å². The summed E-state index contributed by atoms with van der Waals surface area (Å²) in [5.41, 5.74) is 17.5. The van der Waals surface area contributed by atoms with E-state index >= 15 is 0 Å². The normalized spacial score (nSPS) is 12.2. The zero-order valence-corrected chi connectivity index (χ0v) is 14.7. The molecule has 1 aromatic rings. The van der Waals surface area contributed by atoms with Crippen molar-refractivity contribution in [1.29, 1.82) is 0 Å². The monoisotopic (exact) mass is 380 g/mol. The lowest BCUT2D eigenvalue weighted by molar-refractivity contribution is -0.485. The number of rotatable bonds is 11. The van der Waals surface area contributed by atoms with E-state index in [9.17, 15) is 19.7 Å². The third-order valence-electron chi connectivity index (χ3n) is 3.55. The van der Waals surface area contributed by atoms with Crippen LogP contribution < -0.4 is 33.2 Å². The standard InChI is InChI=1S/C15H24N8O4/c16-13(24)12(2-1-7-19-14(17)22-23(26)27)20-8-10-3-5-11(6-4-10)9-21-15(18)25/h3-6,12,20H,1-2,7-9H2,(H2,16,24)(H3,17,19,22)(H3,18,21,25)/t12-/m1/s1. The molecule has 0 heterocycles. The number of hydrazone groups is 1. The van der Waals surface area contributed by atoms with Crippen molar-refractivity contribution in [2.45, 2.75) is 32.0 Å². The highest BCUT2D eigenvalue weighted by Gasteiger charge is 2.14. The minimum atomic E-state index is -0.897. The number of guanidine groups is 1. The van der Waals surface area contributed by atoms with E-state index in [1.54, 1.807) is 0 Å². The van der Waals surface area contributed by atoms with E-state index in [0.717, 1.165) is 11.1 Å². The highest BCUT2D eigenvalue weighted by Crippen LogP contribution is 2.05. The van der Waals surface area contributed by atoms with Gasteiger partial charge < -0.3 is 33.2 Å². The van der Waals surface area contributed by atoms with Crippen molar-refractivity contribution in [1.82, 2.24) is 16.0 Å². The smallest absolute Gasteiger partial charge is 0.312 e. The molecule has 0 aliphatic carbocycles. The number of urea groups is 1. The molecule has 0 radical (unpaired) electrons. The second kappa shape index (κ2) is 11.3. The molecule has 0 aliphatic heterocycles. The van der Waals surface area contributed by atoms with Gasteiger partial charge in [0.15, 0.2) is 5.03 Å². The first-order valence-electron chi connectivity index (χ1n) is 8.14. The van der Waals surface area contributed by atoms with Gasteiger partial charge in [0.2, 0.25) is 5.91 Å². The van der Waals surface area contributed by atoms with E-state index in [0.29, 0.717) is 32.5 Å². The lowest BCUT2D eigenvalue weighted by Gasteiger charge is -2.16. The summed E-state index contributed by atoms with van der Waals surface area (Å²) in [5, 5.41) is 20.3. The number of carbonyl (C=O) groups is 2. The Morgan fingerprint density at radius 3 is 2.19 bits per heavy atom. The second-order valence-corrected chi connectivity index (χ2v) is 5.66. The Hall–Kier alpha value is -3.41. The van der Waals surface area contributed by atoms with Crippen molar-refractivity contribution in [3.8, 4) is 0 Å². The SMILES string of the molecule is NC(=O)NCc1ccc(CN[C@H](CCCNC(N)=N[N+](=O)[O-])C(N)=O)cc1. The van der Waals surface area contributed by atoms with Crippen molar-refractivity contribution in [3.63, 3.8) is 0 Å². The molecular weight excluding hydrogens is 356 g/mol. The van der Waals surface area contributed by atoms with Gasteiger partial charge in [-0.3, -0.25) is 4.79 Å². The van der Waals surface area contributed by atoms with E-state index in [2.05, 4.69) is 21.1 Å². The molecule has 3 amide bonds. The number of primary amides is 2. The number of nitrogens with two attached hydrogens (primary N) is 3. The summed E-state index contributed by atoms with van der Waals surface area (Å²) in [6.07, 6.45) is 0.932. The summed E-state index contributed by atoms with van der Waals surface area (Å²) >= 11 is 0. The van der Waals surface area contributed by atoms with Crippen molar-refractivity contribution in [2.75, 3.05) is 6.54 Å². The van der Waals surface area contributed by atoms with Crippen LogP contribution in [0.5, 0.6) is 0 Å². The van der Waals surface area contributed by atoms with Gasteiger partial charge in [-0.25, -0.2) is 14.9 Å². The Labute approximate surface area is 155 Å². The third kappa shape index (κ3) is 9.60. The molecule has 0 fully saturated rings. The molecule has 9 N–H and O–H groups in total. The number of amides is 3. The van der Waals surface area contributed by atoms with Gasteiger partial charge >= 0.3 is 6.03 Å². The fourth-order valence-corrected chi connectivity index (χ4v) is 2.20. The fraction of sp³-hybridized carbons (Fsp3) is 0.400. The molecule has 12 nitrogen and oxygen atoms in total. The van der Waals surface area contributed by atoms with Crippen LogP contribution in [0, 0.1) is 10.1 Å². The fourth-order valence-electron chi connectivity index (χ4n) is 2.20. The van der Waals surface area contributed by atoms with Gasteiger partial charge in [-0.2, -0.15) is 0 Å². The van der Waals surface area contributed by atoms with Crippen LogP contribution in [0.25, 0.3) is 0 Å². The van der Waals surface area contributed by atoms with E-state index < -0.39 is 23.0 Å². The Morgan fingerprint density at radius 1 is 1.07 bits per heavy atom. The van der Waals surface area contributed by atoms with E-state index in [1.165, 1.54) is 0 Å². The van der Waals surface area contributed by atoms with Crippen LogP contribution in [0.1, 0.15) is 24.0 Å². The average Bonchev–Trinajstić information content (AvgIpc) is 2.59. The van der Waals surface area contributed by atoms with Crippen LogP contribution in [0.15, 0.2) is 29.4 Å². The van der Waals surface area contributed by atoms with Gasteiger partial charge in [0.25, 0.3) is 5.96 Å². The number of benzene rings is 1. The highest BCUT2D eigenvalue weighted by molar-refractivity contribution is 5.79. The topological polar surface area (TPSA) is 204 Å². The van der Waals surface area contributed by atoms with E-state index in [1.807, 2.05) is 24.3 Å². The predicted molar refractivity (Wildman–Crippen MR) is 98.5 cm³/mol. The van der Waals surface area contributed by atoms with Crippen molar-refractivity contribution < 1.29 is 14.6 Å². The molecule has 0 bridgehead atoms. The average molecular weight is 380 g/mol. The summed E-state index contributed by atoms with van der Waals surface area (Å²) in [4.78, 5) is 32.4. The molecular formula is C15H24N8O4. The third-order valence-corrected chi connectivity index (χ3v) is 3.55. The molecule has 0 saturated heterocycles. The van der Waals surface area contributed by atoms with Gasteiger partial charge in [0, 0.05) is 19.6 Å². The van der Waals surface area contributed by atoms with Crippen LogP contribution >= 0.6 is 0 Å². The molecule has 1 atom stereocenters. The number of nitro groups is 1. The molecule has 1 aromatic carbocycles. The Morgan fingerprint density at radius 2 is 1.67 bits per heavy atom. The Bertz CT molecular complexity index is 677. The lowest BCUT2D eigenvalue weighted by Crippen LogP contribution is -2.41. The molecule has 0 aliphatic rings. The molecule has 148 valence electrons. The Kier molecular flexibility index (Phi) is 9.02. The van der Waals surface area contributed by atoms with Gasteiger partial charge in [-0.15, -0.1) is 0 Å². The largest absolute Gasteiger partial charge is 0.368 e. The van der Waals surface area contributed by atoms with Gasteiger partial charge in [-0.05, 0) is 24.0 Å². The number of hydrogen-bond donors (Lipinski definition) is 6. The van der Waals surface area contributed by atoms with Crippen molar-refractivity contribution in [2.24, 2.45) is 22.3 Å². The van der Waals surface area contributed by atoms with Crippen LogP contribution in [0.4, 0.5) is 4.79 Å². The lowest BCUT2D eigenvalue weighted by atomic mass is 10.1. The maximum Gasteiger partial charge on any atom is 0.312 e. The molecule has 0 unspecified atom stereocenters. The quantitative estimate of drug-likeness (QED) is 0.0896. The van der Waals surface area contributed by atoms with E-state index in [-0.39, 0.29) is 5.96 Å². The zero-order chi connectivity index (χ0) is 20.2.